The van der Waals surface area contributed by atoms with Crippen LogP contribution in [0.2, 0.25) is 0 Å². The fraction of sp³-hybridized carbons (Fsp3) is 0.333. The molecule has 0 saturated heterocycles. The van der Waals surface area contributed by atoms with Crippen LogP contribution in [0.3, 0.4) is 0 Å². The Morgan fingerprint density at radius 1 is 1.15 bits per heavy atom. The van der Waals surface area contributed by atoms with Crippen molar-refractivity contribution in [1.82, 2.24) is 14.7 Å². The highest BCUT2D eigenvalue weighted by Crippen LogP contribution is 2.40. The first kappa shape index (κ1) is 22.5. The number of hydrogen-bond donors (Lipinski definition) is 2. The Morgan fingerprint density at radius 3 is 2.55 bits per heavy atom. The van der Waals surface area contributed by atoms with Gasteiger partial charge in [-0.15, -0.1) is 0 Å². The van der Waals surface area contributed by atoms with Crippen LogP contribution >= 0.6 is 0 Å². The summed E-state index contributed by atoms with van der Waals surface area (Å²) in [6.07, 6.45) is 7.62. The minimum atomic E-state index is -0.392. The number of fused-ring (bicyclic) bond motifs is 1. The summed E-state index contributed by atoms with van der Waals surface area (Å²) in [7, 11) is 5.23. The van der Waals surface area contributed by atoms with Crippen LogP contribution in [0.25, 0.3) is 11.1 Å². The zero-order valence-electron chi connectivity index (χ0n) is 20.0. The van der Waals surface area contributed by atoms with Crippen molar-refractivity contribution in [3.8, 4) is 16.9 Å². The van der Waals surface area contributed by atoms with Crippen molar-refractivity contribution >= 4 is 11.6 Å². The molecule has 1 aromatic carbocycles. The quantitative estimate of drug-likeness (QED) is 0.698. The third-order valence-corrected chi connectivity index (χ3v) is 5.90. The van der Waals surface area contributed by atoms with Gasteiger partial charge >= 0.3 is 0 Å². The Kier molecular flexibility index (Phi) is 5.67. The lowest BCUT2D eigenvalue weighted by atomic mass is 10.0. The van der Waals surface area contributed by atoms with E-state index in [-0.39, 0.29) is 0 Å². The van der Waals surface area contributed by atoms with Crippen LogP contribution in [0.4, 0.5) is 5.69 Å². The van der Waals surface area contributed by atoms with Crippen molar-refractivity contribution in [2.24, 2.45) is 23.5 Å². The molecule has 0 aliphatic carbocycles. The highest BCUT2D eigenvalue weighted by atomic mass is 16.5. The van der Waals surface area contributed by atoms with Gasteiger partial charge in [0.05, 0.1) is 36.3 Å². The minimum absolute atomic E-state index is 0.307. The second kappa shape index (κ2) is 8.32. The number of hydrogen-bond acceptors (Lipinski definition) is 8. The number of guanidine groups is 1. The molecule has 33 heavy (non-hydrogen) atoms. The van der Waals surface area contributed by atoms with Crippen LogP contribution in [0.5, 0.6) is 5.75 Å². The van der Waals surface area contributed by atoms with E-state index in [9.17, 15) is 0 Å². The molecule has 9 nitrogen and oxygen atoms in total. The molecule has 2 aliphatic heterocycles. The Balaban J connectivity index is 1.79. The van der Waals surface area contributed by atoms with Gasteiger partial charge in [-0.25, -0.2) is 4.99 Å². The number of nitrogens with zero attached hydrogens (tertiary/aromatic N) is 5. The van der Waals surface area contributed by atoms with Gasteiger partial charge in [0.15, 0.2) is 0 Å². The van der Waals surface area contributed by atoms with E-state index in [1.165, 1.54) is 0 Å². The molecule has 0 radical (unpaired) electrons. The lowest BCUT2D eigenvalue weighted by Crippen LogP contribution is -2.46. The fourth-order valence-corrected chi connectivity index (χ4v) is 4.04. The number of benzene rings is 1. The molecule has 0 bridgehead atoms. The summed E-state index contributed by atoms with van der Waals surface area (Å²) in [6, 6.07) is 5.97. The van der Waals surface area contributed by atoms with Crippen LogP contribution in [-0.2, 0) is 11.8 Å². The minimum Gasteiger partial charge on any atom is -0.495 e. The highest BCUT2D eigenvalue weighted by molar-refractivity contribution is 6.02. The number of aliphatic imine (C=N–C) groups is 1. The molecule has 0 spiro atoms. The predicted molar refractivity (Wildman–Crippen MR) is 130 cm³/mol. The van der Waals surface area contributed by atoms with Crippen molar-refractivity contribution in [1.29, 1.82) is 0 Å². The number of nitrogens with two attached hydrogens (primary N) is 2. The maximum absolute atomic E-state index is 6.67. The van der Waals surface area contributed by atoms with Crippen molar-refractivity contribution in [3.63, 3.8) is 0 Å². The van der Waals surface area contributed by atoms with E-state index in [1.54, 1.807) is 25.1 Å². The smallest absolute Gasteiger partial charge is 0.205 e. The van der Waals surface area contributed by atoms with Gasteiger partial charge in [-0.05, 0) is 44.5 Å². The summed E-state index contributed by atoms with van der Waals surface area (Å²) in [5.74, 6) is 1.51. The van der Waals surface area contributed by atoms with Crippen molar-refractivity contribution in [3.05, 3.63) is 65.7 Å². The van der Waals surface area contributed by atoms with E-state index in [0.29, 0.717) is 24.1 Å². The molecule has 3 heterocycles. The summed E-state index contributed by atoms with van der Waals surface area (Å²) < 4.78 is 13.2. The molecule has 0 unspecified atom stereocenters. The Hall–Kier alpha value is -3.72. The summed E-state index contributed by atoms with van der Waals surface area (Å²) in [6.45, 7) is 6.59. The highest BCUT2D eigenvalue weighted by Gasteiger charge is 2.32. The molecular formula is C24H31N7O2. The second-order valence-electron chi connectivity index (χ2n) is 8.74. The normalized spacial score (nSPS) is 16.1. The van der Waals surface area contributed by atoms with Gasteiger partial charge in [-0.3, -0.25) is 9.58 Å². The molecule has 2 aromatic rings. The maximum atomic E-state index is 6.67. The standard InChI is InChI=1S/C24H31N7O2/c1-15-18(13-29(4)28-15)16-7-8-19(20(11-16)32-5)31-21-17(12-27-23(31)26)9-10-30(22(21)25)14-24(2,3)33-6/h7-13H,14,25H2,1-6H3,(H2,26,27). The topological polar surface area (TPSA) is 107 Å². The van der Waals surface area contributed by atoms with Gasteiger partial charge < -0.3 is 25.8 Å². The van der Waals surface area contributed by atoms with Crippen LogP contribution in [0.1, 0.15) is 19.5 Å². The molecule has 9 heteroatoms. The van der Waals surface area contributed by atoms with E-state index >= 15 is 0 Å². The van der Waals surface area contributed by atoms with E-state index in [0.717, 1.165) is 33.8 Å². The number of aryl methyl sites for hydroxylation is 2. The molecule has 0 saturated carbocycles. The van der Waals surface area contributed by atoms with Crippen LogP contribution in [0.15, 0.2) is 65.0 Å². The fourth-order valence-electron chi connectivity index (χ4n) is 4.04. The van der Waals surface area contributed by atoms with Crippen molar-refractivity contribution in [2.45, 2.75) is 26.4 Å². The molecule has 4 N–H and O–H groups in total. The van der Waals surface area contributed by atoms with Gasteiger partial charge in [-0.2, -0.15) is 5.10 Å². The number of rotatable bonds is 6. The number of allylic oxidation sites excluding steroid dienone is 1. The maximum Gasteiger partial charge on any atom is 0.205 e. The Bertz CT molecular complexity index is 1200. The number of aromatic nitrogens is 2. The van der Waals surface area contributed by atoms with E-state index in [4.69, 9.17) is 20.9 Å². The van der Waals surface area contributed by atoms with Gasteiger partial charge in [0.1, 0.15) is 11.6 Å². The summed E-state index contributed by atoms with van der Waals surface area (Å²) in [5, 5.41) is 4.45. The van der Waals surface area contributed by atoms with Crippen molar-refractivity contribution < 1.29 is 9.47 Å². The van der Waals surface area contributed by atoms with Crippen LogP contribution < -0.4 is 21.1 Å². The monoisotopic (exact) mass is 449 g/mol. The van der Waals surface area contributed by atoms with Crippen molar-refractivity contribution in [2.75, 3.05) is 25.7 Å². The zero-order valence-corrected chi connectivity index (χ0v) is 20.0. The molecule has 0 atom stereocenters. The SMILES string of the molecule is COc1cc(-c2cn(C)nc2C)ccc1N1C(N)=NC=C2C=CN(CC(C)(C)OC)C(N)=C21. The first-order valence-electron chi connectivity index (χ1n) is 10.7. The number of anilines is 1. The summed E-state index contributed by atoms with van der Waals surface area (Å²) in [4.78, 5) is 8.19. The lowest BCUT2D eigenvalue weighted by Gasteiger charge is -2.38. The Morgan fingerprint density at radius 2 is 1.91 bits per heavy atom. The predicted octanol–water partition coefficient (Wildman–Crippen LogP) is 2.80. The van der Waals surface area contributed by atoms with E-state index in [1.807, 2.05) is 74.3 Å². The van der Waals surface area contributed by atoms with E-state index in [2.05, 4.69) is 10.1 Å². The van der Waals surface area contributed by atoms with Gasteiger partial charge in [0, 0.05) is 43.9 Å². The average Bonchev–Trinajstić information content (AvgIpc) is 3.13. The molecule has 4 rings (SSSR count). The summed E-state index contributed by atoms with van der Waals surface area (Å²) in [5.41, 5.74) is 18.0. The molecular weight excluding hydrogens is 418 g/mol. The molecule has 174 valence electrons. The van der Waals surface area contributed by atoms with Crippen LogP contribution in [0, 0.1) is 6.92 Å². The van der Waals surface area contributed by atoms with Gasteiger partial charge in [0.25, 0.3) is 0 Å². The largest absolute Gasteiger partial charge is 0.495 e. The third-order valence-electron chi connectivity index (χ3n) is 5.90. The third kappa shape index (κ3) is 4.07. The molecule has 2 aliphatic rings. The first-order chi connectivity index (χ1) is 15.6. The van der Waals surface area contributed by atoms with Gasteiger partial charge in [0.2, 0.25) is 5.96 Å². The average molecular weight is 450 g/mol. The second-order valence-corrected chi connectivity index (χ2v) is 8.74. The molecule has 1 aromatic heterocycles. The zero-order chi connectivity index (χ0) is 23.9. The first-order valence-corrected chi connectivity index (χ1v) is 10.7. The summed E-state index contributed by atoms with van der Waals surface area (Å²) >= 11 is 0. The Labute approximate surface area is 194 Å². The lowest BCUT2D eigenvalue weighted by molar-refractivity contribution is 0.00703. The molecule has 0 fully saturated rings. The number of methoxy groups -OCH3 is 2. The van der Waals surface area contributed by atoms with Gasteiger partial charge in [-0.1, -0.05) is 6.07 Å². The van der Waals surface area contributed by atoms with Crippen LogP contribution in [-0.4, -0.2) is 47.0 Å². The number of ether oxygens (including phenoxy) is 2. The molecule has 0 amide bonds. The van der Waals surface area contributed by atoms with E-state index < -0.39 is 5.60 Å².